The molecule has 0 radical (unpaired) electrons. The van der Waals surface area contributed by atoms with Crippen molar-refractivity contribution in [3.05, 3.63) is 34.8 Å². The molecule has 1 saturated heterocycles. The zero-order valence-electron chi connectivity index (χ0n) is 10.6. The Balaban J connectivity index is 1.85. The lowest BCUT2D eigenvalue weighted by atomic mass is 10.1. The number of carbonyl (C=O) groups excluding carboxylic acids is 1. The van der Waals surface area contributed by atoms with Crippen LogP contribution < -0.4 is 5.32 Å². The number of nitrogens with zero attached hydrogens (tertiary/aromatic N) is 2. The smallest absolute Gasteiger partial charge is 0.272 e. The average Bonchev–Trinajstić information content (AvgIpc) is 2.79. The molecule has 0 aromatic carbocycles. The summed E-state index contributed by atoms with van der Waals surface area (Å²) in [6, 6.07) is 5.25. The van der Waals surface area contributed by atoms with Gasteiger partial charge in [0.05, 0.1) is 24.3 Å². The molecule has 1 aliphatic heterocycles. The van der Waals surface area contributed by atoms with Crippen LogP contribution in [-0.2, 0) is 4.74 Å². The van der Waals surface area contributed by atoms with Gasteiger partial charge in [-0.3, -0.25) is 9.20 Å². The first-order valence-corrected chi connectivity index (χ1v) is 7.15. The van der Waals surface area contributed by atoms with Crippen molar-refractivity contribution in [3.63, 3.8) is 0 Å². The fourth-order valence-electron chi connectivity index (χ4n) is 2.30. The number of carbonyl (C=O) groups is 1. The van der Waals surface area contributed by atoms with E-state index in [1.807, 2.05) is 24.4 Å². The monoisotopic (exact) mass is 339 g/mol. The molecule has 0 bridgehead atoms. The highest BCUT2D eigenvalue weighted by Crippen LogP contribution is 2.18. The molecule has 3 heterocycles. The summed E-state index contributed by atoms with van der Waals surface area (Å²) in [7, 11) is 0. The first-order chi connectivity index (χ1) is 9.66. The van der Waals surface area contributed by atoms with Gasteiger partial charge < -0.3 is 15.2 Å². The van der Waals surface area contributed by atoms with E-state index >= 15 is 0 Å². The lowest BCUT2D eigenvalue weighted by Gasteiger charge is -2.28. The highest BCUT2D eigenvalue weighted by Gasteiger charge is 2.27. The number of fused-ring (bicyclic) bond motifs is 1. The van der Waals surface area contributed by atoms with E-state index in [1.54, 1.807) is 4.40 Å². The molecular weight excluding hydrogens is 326 g/mol. The third kappa shape index (κ3) is 2.44. The molecule has 2 aromatic heterocycles. The van der Waals surface area contributed by atoms with Crippen molar-refractivity contribution in [2.75, 3.05) is 13.2 Å². The van der Waals surface area contributed by atoms with Gasteiger partial charge in [0.15, 0.2) is 10.4 Å². The molecule has 0 aliphatic carbocycles. The topological polar surface area (TPSA) is 75.9 Å². The molecule has 6 nitrogen and oxygen atoms in total. The van der Waals surface area contributed by atoms with Gasteiger partial charge in [0.1, 0.15) is 0 Å². The molecule has 1 fully saturated rings. The summed E-state index contributed by atoms with van der Waals surface area (Å²) in [5, 5.41) is 12.6. The number of hydrogen-bond donors (Lipinski definition) is 2. The number of pyridine rings is 1. The Labute approximate surface area is 123 Å². The molecule has 1 aliphatic rings. The highest BCUT2D eigenvalue weighted by atomic mass is 79.9. The number of aromatic nitrogens is 2. The predicted molar refractivity (Wildman–Crippen MR) is 75.6 cm³/mol. The van der Waals surface area contributed by atoms with Crippen molar-refractivity contribution in [1.82, 2.24) is 14.7 Å². The molecule has 2 atom stereocenters. The number of rotatable bonds is 2. The third-order valence-corrected chi connectivity index (χ3v) is 3.92. The fraction of sp³-hybridized carbons (Fsp3) is 0.385. The van der Waals surface area contributed by atoms with Crippen LogP contribution in [0.25, 0.3) is 5.52 Å². The Bertz CT molecular complexity index is 643. The van der Waals surface area contributed by atoms with Gasteiger partial charge in [-0.15, -0.1) is 0 Å². The standard InChI is InChI=1S/C13H14BrN3O3/c14-13-16-11(9-3-1-2-5-17(9)13)12(19)15-8-4-6-20-7-10(8)18/h1-3,5,8,10,18H,4,6-7H2,(H,15,19)/t8-,10-/m1/s1. The summed E-state index contributed by atoms with van der Waals surface area (Å²) in [5.74, 6) is -0.287. The van der Waals surface area contributed by atoms with Gasteiger partial charge in [0, 0.05) is 12.8 Å². The van der Waals surface area contributed by atoms with Gasteiger partial charge in [0.2, 0.25) is 0 Å². The second-order valence-electron chi connectivity index (χ2n) is 4.70. The molecule has 20 heavy (non-hydrogen) atoms. The van der Waals surface area contributed by atoms with E-state index in [1.165, 1.54) is 0 Å². The van der Waals surface area contributed by atoms with E-state index in [0.717, 1.165) is 5.52 Å². The minimum atomic E-state index is -0.676. The maximum absolute atomic E-state index is 12.3. The molecule has 0 spiro atoms. The average molecular weight is 340 g/mol. The fourth-order valence-corrected chi connectivity index (χ4v) is 2.78. The van der Waals surface area contributed by atoms with Crippen LogP contribution in [0.1, 0.15) is 16.9 Å². The van der Waals surface area contributed by atoms with Crippen LogP contribution in [-0.4, -0.2) is 45.8 Å². The van der Waals surface area contributed by atoms with Crippen LogP contribution in [0.15, 0.2) is 29.1 Å². The summed E-state index contributed by atoms with van der Waals surface area (Å²) in [6.07, 6.45) is 1.75. The lowest BCUT2D eigenvalue weighted by molar-refractivity contribution is -0.0261. The van der Waals surface area contributed by atoms with E-state index in [-0.39, 0.29) is 18.6 Å². The van der Waals surface area contributed by atoms with E-state index < -0.39 is 6.10 Å². The maximum atomic E-state index is 12.3. The lowest BCUT2D eigenvalue weighted by Crippen LogP contribution is -2.48. The number of nitrogens with one attached hydrogen (secondary N) is 1. The second kappa shape index (κ2) is 5.51. The number of aliphatic hydroxyl groups is 1. The quantitative estimate of drug-likeness (QED) is 0.855. The Morgan fingerprint density at radius 2 is 2.40 bits per heavy atom. The van der Waals surface area contributed by atoms with Gasteiger partial charge in [-0.05, 0) is 34.5 Å². The van der Waals surface area contributed by atoms with Gasteiger partial charge in [-0.25, -0.2) is 4.98 Å². The summed E-state index contributed by atoms with van der Waals surface area (Å²) in [6.45, 7) is 0.786. The van der Waals surface area contributed by atoms with Crippen LogP contribution in [0.3, 0.4) is 0 Å². The van der Waals surface area contributed by atoms with E-state index in [9.17, 15) is 9.90 Å². The Morgan fingerprint density at radius 3 is 3.20 bits per heavy atom. The summed E-state index contributed by atoms with van der Waals surface area (Å²) in [5.41, 5.74) is 1.06. The molecule has 3 rings (SSSR count). The molecule has 106 valence electrons. The molecule has 1 amide bonds. The van der Waals surface area contributed by atoms with Crippen molar-refractivity contribution in [2.45, 2.75) is 18.6 Å². The van der Waals surface area contributed by atoms with Crippen LogP contribution in [0, 0.1) is 0 Å². The van der Waals surface area contributed by atoms with Gasteiger partial charge >= 0.3 is 0 Å². The number of amides is 1. The number of hydrogen-bond acceptors (Lipinski definition) is 4. The molecule has 7 heteroatoms. The first kappa shape index (κ1) is 13.5. The van der Waals surface area contributed by atoms with Crippen molar-refractivity contribution in [2.24, 2.45) is 0 Å². The van der Waals surface area contributed by atoms with Crippen LogP contribution in [0.4, 0.5) is 0 Å². The number of aliphatic hydroxyl groups excluding tert-OH is 1. The van der Waals surface area contributed by atoms with Crippen molar-refractivity contribution >= 4 is 27.4 Å². The molecular formula is C13H14BrN3O3. The molecule has 2 aromatic rings. The largest absolute Gasteiger partial charge is 0.389 e. The minimum Gasteiger partial charge on any atom is -0.389 e. The SMILES string of the molecule is O=C(N[C@@H]1CCOC[C@H]1O)c1nc(Br)n2ccccc12. The zero-order chi connectivity index (χ0) is 14.1. The number of imidazole rings is 1. The summed E-state index contributed by atoms with van der Waals surface area (Å²) in [4.78, 5) is 16.6. The molecule has 0 unspecified atom stereocenters. The molecule has 0 saturated carbocycles. The molecule has 2 N–H and O–H groups in total. The Morgan fingerprint density at radius 1 is 1.55 bits per heavy atom. The van der Waals surface area contributed by atoms with E-state index in [0.29, 0.717) is 23.5 Å². The van der Waals surface area contributed by atoms with E-state index in [4.69, 9.17) is 4.74 Å². The Kier molecular flexibility index (Phi) is 3.73. The van der Waals surface area contributed by atoms with Crippen LogP contribution in [0.5, 0.6) is 0 Å². The Hall–Kier alpha value is -1.44. The first-order valence-electron chi connectivity index (χ1n) is 6.36. The van der Waals surface area contributed by atoms with E-state index in [2.05, 4.69) is 26.2 Å². The third-order valence-electron chi connectivity index (χ3n) is 3.36. The van der Waals surface area contributed by atoms with Crippen molar-refractivity contribution in [1.29, 1.82) is 0 Å². The number of ether oxygens (including phenoxy) is 1. The van der Waals surface area contributed by atoms with Crippen molar-refractivity contribution < 1.29 is 14.6 Å². The maximum Gasteiger partial charge on any atom is 0.272 e. The number of halogens is 1. The zero-order valence-corrected chi connectivity index (χ0v) is 12.2. The van der Waals surface area contributed by atoms with Crippen LogP contribution in [0.2, 0.25) is 0 Å². The highest BCUT2D eigenvalue weighted by molar-refractivity contribution is 9.10. The van der Waals surface area contributed by atoms with Crippen LogP contribution >= 0.6 is 15.9 Å². The van der Waals surface area contributed by atoms with Gasteiger partial charge in [0.25, 0.3) is 5.91 Å². The van der Waals surface area contributed by atoms with Gasteiger partial charge in [-0.1, -0.05) is 6.07 Å². The normalized spacial score (nSPS) is 22.9. The second-order valence-corrected chi connectivity index (χ2v) is 5.41. The summed E-state index contributed by atoms with van der Waals surface area (Å²) >= 11 is 3.33. The predicted octanol–water partition coefficient (Wildman–Crippen LogP) is 0.976. The van der Waals surface area contributed by atoms with Gasteiger partial charge in [-0.2, -0.15) is 0 Å². The minimum absolute atomic E-state index is 0.249. The summed E-state index contributed by atoms with van der Waals surface area (Å²) < 4.78 is 7.51. The van der Waals surface area contributed by atoms with Crippen molar-refractivity contribution in [3.8, 4) is 0 Å².